The van der Waals surface area contributed by atoms with E-state index in [9.17, 15) is 18.0 Å². The molecule has 1 aromatic carbocycles. The van der Waals surface area contributed by atoms with Gasteiger partial charge in [-0.15, -0.1) is 0 Å². The summed E-state index contributed by atoms with van der Waals surface area (Å²) in [5.41, 5.74) is 5.26. The van der Waals surface area contributed by atoms with Crippen LogP contribution in [0.1, 0.15) is 29.8 Å². The van der Waals surface area contributed by atoms with Gasteiger partial charge in [0.1, 0.15) is 11.5 Å². The van der Waals surface area contributed by atoms with Gasteiger partial charge in [-0.2, -0.15) is 13.2 Å². The zero-order chi connectivity index (χ0) is 24.8. The molecular weight excluding hydrogens is 454 g/mol. The number of aromatic nitrogens is 2. The fourth-order valence-corrected chi connectivity index (χ4v) is 4.13. The molecule has 4 rings (SSSR count). The lowest BCUT2D eigenvalue weighted by atomic mass is 10.0. The van der Waals surface area contributed by atoms with E-state index in [1.165, 1.54) is 24.6 Å². The molecule has 2 aromatic heterocycles. The van der Waals surface area contributed by atoms with Gasteiger partial charge in [0, 0.05) is 31.2 Å². The van der Waals surface area contributed by atoms with E-state index in [4.69, 9.17) is 10.5 Å². The summed E-state index contributed by atoms with van der Waals surface area (Å²) in [4.78, 5) is 19.2. The molecule has 3 heterocycles. The first-order valence-electron chi connectivity index (χ1n) is 10.7. The summed E-state index contributed by atoms with van der Waals surface area (Å²) in [5, 5.41) is 3.44. The SMILES string of the molecule is Cc1nc(N[C@H](C)c2cc(N)cc(C(F)(F)F)c2)c2cc(N3CCOCC3)c(=O)n(C)c2c1F. The fraction of sp³-hybridized carbons (Fsp3) is 0.391. The number of anilines is 3. The van der Waals surface area contributed by atoms with E-state index in [0.29, 0.717) is 42.9 Å². The van der Waals surface area contributed by atoms with Crippen LogP contribution in [0.2, 0.25) is 0 Å². The molecule has 1 atom stereocenters. The summed E-state index contributed by atoms with van der Waals surface area (Å²) in [6, 6.07) is 4.26. The number of fused-ring (bicyclic) bond motifs is 1. The molecule has 0 aliphatic carbocycles. The fourth-order valence-electron chi connectivity index (χ4n) is 4.13. The lowest BCUT2D eigenvalue weighted by Gasteiger charge is -2.29. The first-order valence-corrected chi connectivity index (χ1v) is 10.7. The first kappa shape index (κ1) is 23.8. The van der Waals surface area contributed by atoms with Crippen molar-refractivity contribution in [1.82, 2.24) is 9.55 Å². The zero-order valence-electron chi connectivity index (χ0n) is 19.0. The second kappa shape index (κ2) is 8.79. The predicted molar refractivity (Wildman–Crippen MR) is 123 cm³/mol. The van der Waals surface area contributed by atoms with E-state index >= 15 is 4.39 Å². The third-order valence-corrected chi connectivity index (χ3v) is 5.97. The molecular formula is C23H25F4N5O2. The van der Waals surface area contributed by atoms with Crippen LogP contribution in [-0.2, 0) is 18.0 Å². The largest absolute Gasteiger partial charge is 0.416 e. The Kier molecular flexibility index (Phi) is 6.15. The Morgan fingerprint density at radius 1 is 1.18 bits per heavy atom. The zero-order valence-corrected chi connectivity index (χ0v) is 19.0. The lowest BCUT2D eigenvalue weighted by Crippen LogP contribution is -2.40. The van der Waals surface area contributed by atoms with Crippen molar-refractivity contribution >= 4 is 28.1 Å². The van der Waals surface area contributed by atoms with Crippen LogP contribution in [-0.4, -0.2) is 35.9 Å². The Labute approximate surface area is 193 Å². The highest BCUT2D eigenvalue weighted by Crippen LogP contribution is 2.34. The molecule has 3 N–H and O–H groups in total. The molecule has 0 radical (unpaired) electrons. The lowest BCUT2D eigenvalue weighted by molar-refractivity contribution is -0.137. The number of benzene rings is 1. The van der Waals surface area contributed by atoms with Crippen molar-refractivity contribution in [2.75, 3.05) is 42.3 Å². The Morgan fingerprint density at radius 2 is 1.85 bits per heavy atom. The highest BCUT2D eigenvalue weighted by molar-refractivity contribution is 5.92. The van der Waals surface area contributed by atoms with Gasteiger partial charge < -0.3 is 25.3 Å². The number of nitrogens with one attached hydrogen (secondary N) is 1. The molecule has 0 spiro atoms. The minimum atomic E-state index is -4.55. The molecule has 1 aliphatic heterocycles. The average molecular weight is 479 g/mol. The van der Waals surface area contributed by atoms with Crippen molar-refractivity contribution in [1.29, 1.82) is 0 Å². The summed E-state index contributed by atoms with van der Waals surface area (Å²) in [7, 11) is 1.48. The molecule has 0 saturated carbocycles. The number of nitrogens with zero attached hydrogens (tertiary/aromatic N) is 3. The number of hydrogen-bond acceptors (Lipinski definition) is 6. The summed E-state index contributed by atoms with van der Waals surface area (Å²) in [6.07, 6.45) is -4.55. The number of nitrogen functional groups attached to an aromatic ring is 1. The van der Waals surface area contributed by atoms with E-state index in [2.05, 4.69) is 10.3 Å². The summed E-state index contributed by atoms with van der Waals surface area (Å²) in [6.45, 7) is 5.05. The number of morpholine rings is 1. The van der Waals surface area contributed by atoms with Gasteiger partial charge in [0.05, 0.1) is 36.0 Å². The summed E-state index contributed by atoms with van der Waals surface area (Å²) >= 11 is 0. The van der Waals surface area contributed by atoms with Crippen molar-refractivity contribution in [2.24, 2.45) is 7.05 Å². The summed E-state index contributed by atoms with van der Waals surface area (Å²) < 4.78 is 61.5. The molecule has 7 nitrogen and oxygen atoms in total. The predicted octanol–water partition coefficient (Wildman–Crippen LogP) is 3.99. The van der Waals surface area contributed by atoms with Crippen LogP contribution in [0.4, 0.5) is 34.8 Å². The van der Waals surface area contributed by atoms with Gasteiger partial charge in [-0.3, -0.25) is 4.79 Å². The number of hydrogen-bond donors (Lipinski definition) is 2. The number of alkyl halides is 3. The molecule has 0 bridgehead atoms. The van der Waals surface area contributed by atoms with Crippen LogP contribution in [0.3, 0.4) is 0 Å². The standard InChI is InChI=1S/C23H25F4N5O2/c1-12(14-8-15(23(25,26)27)10-16(28)9-14)29-21-17-11-18(32-4-6-34-7-5-32)22(33)31(3)20(17)19(24)13(2)30-21/h8-12H,4-7,28H2,1-3H3,(H,29,30)/t12-/m1/s1. The molecule has 34 heavy (non-hydrogen) atoms. The van der Waals surface area contributed by atoms with Crippen LogP contribution in [0.5, 0.6) is 0 Å². The second-order valence-electron chi connectivity index (χ2n) is 8.37. The van der Waals surface area contributed by atoms with Crippen LogP contribution < -0.4 is 21.5 Å². The van der Waals surface area contributed by atoms with Crippen molar-refractivity contribution < 1.29 is 22.3 Å². The highest BCUT2D eigenvalue weighted by Gasteiger charge is 2.31. The maximum Gasteiger partial charge on any atom is 0.416 e. The topological polar surface area (TPSA) is 85.4 Å². The van der Waals surface area contributed by atoms with E-state index in [0.717, 1.165) is 12.1 Å². The van der Waals surface area contributed by atoms with Crippen LogP contribution in [0.15, 0.2) is 29.1 Å². The van der Waals surface area contributed by atoms with Gasteiger partial charge in [-0.25, -0.2) is 9.37 Å². The van der Waals surface area contributed by atoms with E-state index in [1.807, 2.05) is 4.90 Å². The Morgan fingerprint density at radius 3 is 2.50 bits per heavy atom. The van der Waals surface area contributed by atoms with Crippen molar-refractivity contribution in [3.8, 4) is 0 Å². The number of pyridine rings is 2. The third-order valence-electron chi connectivity index (χ3n) is 5.97. The highest BCUT2D eigenvalue weighted by atomic mass is 19.4. The number of nitrogens with two attached hydrogens (primary N) is 1. The van der Waals surface area contributed by atoms with Gasteiger partial charge >= 0.3 is 6.18 Å². The van der Waals surface area contributed by atoms with E-state index < -0.39 is 23.6 Å². The van der Waals surface area contributed by atoms with Crippen LogP contribution in [0.25, 0.3) is 10.9 Å². The minimum absolute atomic E-state index is 0.0245. The van der Waals surface area contributed by atoms with Gasteiger partial charge in [-0.05, 0) is 43.7 Å². The number of rotatable bonds is 4. The first-order chi connectivity index (χ1) is 16.0. The molecule has 3 aromatic rings. The average Bonchev–Trinajstić information content (AvgIpc) is 2.78. The molecule has 182 valence electrons. The van der Waals surface area contributed by atoms with Gasteiger partial charge in [-0.1, -0.05) is 0 Å². The number of ether oxygens (including phenoxy) is 1. The van der Waals surface area contributed by atoms with Gasteiger partial charge in [0.25, 0.3) is 5.56 Å². The second-order valence-corrected chi connectivity index (χ2v) is 8.37. The summed E-state index contributed by atoms with van der Waals surface area (Å²) in [5.74, 6) is -0.382. The normalized spacial score (nSPS) is 15.6. The van der Waals surface area contributed by atoms with Crippen LogP contribution >= 0.6 is 0 Å². The monoisotopic (exact) mass is 479 g/mol. The van der Waals surface area contributed by atoms with E-state index in [1.54, 1.807) is 13.0 Å². The quantitative estimate of drug-likeness (QED) is 0.435. The molecule has 1 saturated heterocycles. The molecule has 0 unspecified atom stereocenters. The minimum Gasteiger partial charge on any atom is -0.399 e. The Hall–Kier alpha value is -3.34. The Balaban J connectivity index is 1.83. The van der Waals surface area contributed by atoms with Crippen LogP contribution in [0, 0.1) is 12.7 Å². The molecule has 1 fully saturated rings. The van der Waals surface area contributed by atoms with E-state index in [-0.39, 0.29) is 28.3 Å². The van der Waals surface area contributed by atoms with Crippen molar-refractivity contribution in [2.45, 2.75) is 26.1 Å². The van der Waals surface area contributed by atoms with Gasteiger partial charge in [0.15, 0.2) is 5.82 Å². The van der Waals surface area contributed by atoms with Crippen molar-refractivity contribution in [3.05, 3.63) is 57.3 Å². The number of halogens is 4. The number of aryl methyl sites for hydroxylation is 2. The van der Waals surface area contributed by atoms with Gasteiger partial charge in [0.2, 0.25) is 0 Å². The Bertz CT molecular complexity index is 1300. The molecule has 1 aliphatic rings. The molecule has 11 heteroatoms. The smallest absolute Gasteiger partial charge is 0.399 e. The maximum atomic E-state index is 15.1. The maximum absolute atomic E-state index is 15.1. The molecule has 0 amide bonds. The third kappa shape index (κ3) is 4.39. The van der Waals surface area contributed by atoms with Crippen molar-refractivity contribution in [3.63, 3.8) is 0 Å².